The van der Waals surface area contributed by atoms with Gasteiger partial charge in [-0.3, -0.25) is 19.3 Å². The number of carbonyl (C=O) groups excluding carboxylic acids is 1. The molecule has 1 amide bonds. The van der Waals surface area contributed by atoms with Crippen molar-refractivity contribution in [2.75, 3.05) is 25.5 Å². The molecular weight excluding hydrogens is 504 g/mol. The number of fused-ring (bicyclic) bond motifs is 2. The number of likely N-dealkylation sites (tertiary alicyclic amines) is 1. The Morgan fingerprint density at radius 2 is 1.90 bits per heavy atom. The second-order valence-electron chi connectivity index (χ2n) is 10.5. The Hall–Kier alpha value is -4.08. The molecule has 3 heterocycles. The van der Waals surface area contributed by atoms with E-state index in [1.807, 2.05) is 6.07 Å². The predicted octanol–water partition coefficient (Wildman–Crippen LogP) is 4.85. The van der Waals surface area contributed by atoms with Crippen LogP contribution in [0.5, 0.6) is 0 Å². The summed E-state index contributed by atoms with van der Waals surface area (Å²) in [7, 11) is 1.33. The number of nitrogens with zero attached hydrogens (tertiary/aromatic N) is 4. The molecule has 0 radical (unpaired) electrons. The fourth-order valence-electron chi connectivity index (χ4n) is 6.05. The molecule has 6 rings (SSSR count). The van der Waals surface area contributed by atoms with Crippen LogP contribution in [0.1, 0.15) is 65.7 Å². The fraction of sp³-hybridized carbons (Fsp3) is 0.355. The van der Waals surface area contributed by atoms with E-state index < -0.39 is 11.3 Å². The van der Waals surface area contributed by atoms with Crippen LogP contribution in [0.15, 0.2) is 59.7 Å². The number of pyridine rings is 1. The molecule has 1 aliphatic carbocycles. The molecule has 0 bridgehead atoms. The fourth-order valence-corrected chi connectivity index (χ4v) is 6.05. The average Bonchev–Trinajstić information content (AvgIpc) is 3.46. The van der Waals surface area contributed by atoms with Crippen LogP contribution in [0.2, 0.25) is 0 Å². The van der Waals surface area contributed by atoms with Crippen molar-refractivity contribution in [3.8, 4) is 5.69 Å². The number of carbonyl (C=O) groups is 1. The monoisotopic (exact) mass is 538 g/mol. The van der Waals surface area contributed by atoms with Crippen LogP contribution in [0.25, 0.3) is 16.7 Å². The van der Waals surface area contributed by atoms with E-state index in [1.165, 1.54) is 55.5 Å². The summed E-state index contributed by atoms with van der Waals surface area (Å²) in [6.07, 6.45) is 9.91. The summed E-state index contributed by atoms with van der Waals surface area (Å²) >= 11 is 0. The quantitative estimate of drug-likeness (QED) is 0.324. The van der Waals surface area contributed by atoms with E-state index in [0.29, 0.717) is 17.6 Å². The third kappa shape index (κ3) is 4.98. The summed E-state index contributed by atoms with van der Waals surface area (Å²) < 4.78 is 1.79. The van der Waals surface area contributed by atoms with Crippen molar-refractivity contribution in [1.82, 2.24) is 24.9 Å². The third-order valence-electron chi connectivity index (χ3n) is 8.12. The van der Waals surface area contributed by atoms with Crippen LogP contribution >= 0.6 is 0 Å². The highest BCUT2D eigenvalue weighted by molar-refractivity contribution is 5.96. The maximum Gasteiger partial charge on any atom is 0.280 e. The number of nitrogens with one attached hydrogen (secondary N) is 2. The van der Waals surface area contributed by atoms with Gasteiger partial charge in [-0.15, -0.1) is 0 Å². The molecule has 1 aliphatic heterocycles. The number of rotatable bonds is 7. The lowest BCUT2D eigenvalue weighted by Gasteiger charge is -2.35. The van der Waals surface area contributed by atoms with Crippen LogP contribution in [0.4, 0.5) is 11.6 Å². The number of piperidine rings is 1. The summed E-state index contributed by atoms with van der Waals surface area (Å²) in [5.74, 6) is -0.247. The van der Waals surface area contributed by atoms with Crippen LogP contribution in [-0.2, 0) is 17.7 Å². The lowest BCUT2D eigenvalue weighted by atomic mass is 9.95. The van der Waals surface area contributed by atoms with Gasteiger partial charge < -0.3 is 9.88 Å². The minimum atomic E-state index is -0.619. The third-order valence-corrected chi connectivity index (χ3v) is 8.12. The van der Waals surface area contributed by atoms with E-state index >= 15 is 0 Å². The largest absolute Gasteiger partial charge is 0.324 e. The molecule has 1 fully saturated rings. The number of aryl methyl sites for hydroxylation is 2. The number of anilines is 2. The molecule has 2 aliphatic rings. The first-order valence-corrected chi connectivity index (χ1v) is 14.0. The lowest BCUT2D eigenvalue weighted by Crippen LogP contribution is -2.33. The highest BCUT2D eigenvalue weighted by Gasteiger charge is 2.23. The molecule has 0 saturated carbocycles. The van der Waals surface area contributed by atoms with Crippen LogP contribution in [0.3, 0.4) is 0 Å². The highest BCUT2D eigenvalue weighted by Crippen LogP contribution is 2.31. The van der Waals surface area contributed by atoms with Gasteiger partial charge in [0.25, 0.3) is 5.91 Å². The second kappa shape index (κ2) is 11.2. The predicted molar refractivity (Wildman–Crippen MR) is 155 cm³/mol. The van der Waals surface area contributed by atoms with Crippen LogP contribution in [0, 0.1) is 0 Å². The van der Waals surface area contributed by atoms with Gasteiger partial charge in [0.05, 0.1) is 12.5 Å². The molecule has 0 spiro atoms. The van der Waals surface area contributed by atoms with Gasteiger partial charge in [-0.25, -0.2) is 10.5 Å². The molecule has 2 N–H and O–H groups in total. The van der Waals surface area contributed by atoms with E-state index in [2.05, 4.69) is 64.0 Å². The van der Waals surface area contributed by atoms with Crippen molar-refractivity contribution in [1.29, 1.82) is 0 Å². The smallest absolute Gasteiger partial charge is 0.280 e. The summed E-state index contributed by atoms with van der Waals surface area (Å²) in [6, 6.07) is 15.1. The highest BCUT2D eigenvalue weighted by atomic mass is 16.6. The number of hydroxylamine groups is 1. The van der Waals surface area contributed by atoms with Crippen LogP contribution in [-0.4, -0.2) is 45.5 Å². The van der Waals surface area contributed by atoms with Gasteiger partial charge in [0.2, 0.25) is 11.4 Å². The van der Waals surface area contributed by atoms with E-state index in [0.717, 1.165) is 43.7 Å². The van der Waals surface area contributed by atoms with Gasteiger partial charge >= 0.3 is 0 Å². The number of hydrogen-bond acceptors (Lipinski definition) is 7. The van der Waals surface area contributed by atoms with E-state index in [9.17, 15) is 9.59 Å². The van der Waals surface area contributed by atoms with Crippen molar-refractivity contribution in [3.63, 3.8) is 0 Å². The summed E-state index contributed by atoms with van der Waals surface area (Å²) in [5.41, 5.74) is 7.81. The SMILES string of the molecule is CCN1CCCCC1c1ccc(Nc2ncc3c(=O)c(C(=O)NOC)cn(-c4ccc5c(c4)CCC5)c3n2)cc1. The Kier molecular flexibility index (Phi) is 7.32. The minimum absolute atomic E-state index is 0.0430. The lowest BCUT2D eigenvalue weighted by molar-refractivity contribution is 0.0536. The topological polar surface area (TPSA) is 101 Å². The van der Waals surface area contributed by atoms with E-state index in [-0.39, 0.29) is 10.9 Å². The molecule has 1 unspecified atom stereocenters. The normalized spacial score (nSPS) is 17.1. The molecule has 9 nitrogen and oxygen atoms in total. The number of hydrogen-bond donors (Lipinski definition) is 2. The first kappa shape index (κ1) is 26.2. The Morgan fingerprint density at radius 3 is 2.70 bits per heavy atom. The molecule has 1 saturated heterocycles. The van der Waals surface area contributed by atoms with Crippen molar-refractivity contribution in [2.24, 2.45) is 0 Å². The second-order valence-corrected chi connectivity index (χ2v) is 10.5. The van der Waals surface area contributed by atoms with Crippen LogP contribution < -0.4 is 16.2 Å². The van der Waals surface area contributed by atoms with Crippen molar-refractivity contribution in [3.05, 3.63) is 87.3 Å². The van der Waals surface area contributed by atoms with Crippen molar-refractivity contribution < 1.29 is 9.63 Å². The van der Waals surface area contributed by atoms with Gasteiger partial charge in [-0.05, 0) is 86.1 Å². The number of amides is 1. The van der Waals surface area contributed by atoms with Gasteiger partial charge in [0, 0.05) is 29.8 Å². The molecule has 206 valence electrons. The van der Waals surface area contributed by atoms with E-state index in [4.69, 9.17) is 9.82 Å². The standard InChI is InChI=1S/C31H34N6O3/c1-3-36-16-5-4-9-27(36)21-10-13-23(14-11-21)33-31-32-18-25-28(38)26(30(39)35-40-2)19-37(29(25)34-31)24-15-12-20-7-6-8-22(20)17-24/h10-15,17-19,27H,3-9,16H2,1-2H3,(H,35,39)(H,32,33,34). The van der Waals surface area contributed by atoms with Gasteiger partial charge in [-0.2, -0.15) is 4.98 Å². The zero-order chi connectivity index (χ0) is 27.6. The molecule has 9 heteroatoms. The van der Waals surface area contributed by atoms with Gasteiger partial charge in [0.15, 0.2) is 5.65 Å². The maximum atomic E-state index is 13.3. The molecular formula is C31H34N6O3. The molecule has 40 heavy (non-hydrogen) atoms. The molecule has 1 atom stereocenters. The van der Waals surface area contributed by atoms with Gasteiger partial charge in [0.1, 0.15) is 5.56 Å². The first-order valence-electron chi connectivity index (χ1n) is 14.0. The number of aromatic nitrogens is 3. The zero-order valence-corrected chi connectivity index (χ0v) is 22.9. The van der Waals surface area contributed by atoms with Gasteiger partial charge in [-0.1, -0.05) is 31.5 Å². The first-order chi connectivity index (χ1) is 19.6. The Bertz CT molecular complexity index is 1610. The minimum Gasteiger partial charge on any atom is -0.324 e. The molecule has 2 aromatic carbocycles. The summed E-state index contributed by atoms with van der Waals surface area (Å²) in [5, 5.41) is 3.55. The Morgan fingerprint density at radius 1 is 1.07 bits per heavy atom. The Labute approximate surface area is 233 Å². The van der Waals surface area contributed by atoms with Crippen molar-refractivity contribution >= 4 is 28.6 Å². The summed E-state index contributed by atoms with van der Waals surface area (Å²) in [4.78, 5) is 42.5. The maximum absolute atomic E-state index is 13.3. The zero-order valence-electron chi connectivity index (χ0n) is 22.9. The average molecular weight is 539 g/mol. The summed E-state index contributed by atoms with van der Waals surface area (Å²) in [6.45, 7) is 4.42. The van der Waals surface area contributed by atoms with Crippen molar-refractivity contribution in [2.45, 2.75) is 51.5 Å². The molecule has 2 aromatic heterocycles. The Balaban J connectivity index is 1.37. The number of benzene rings is 2. The van der Waals surface area contributed by atoms with E-state index in [1.54, 1.807) is 4.57 Å². The molecule has 4 aromatic rings.